The number of hydrogen-bond donors (Lipinski definition) is 2. The van der Waals surface area contributed by atoms with E-state index >= 15 is 0 Å². The summed E-state index contributed by atoms with van der Waals surface area (Å²) in [5.41, 5.74) is 0.403. The molecule has 0 aliphatic carbocycles. The summed E-state index contributed by atoms with van der Waals surface area (Å²) in [4.78, 5) is 14.3. The Morgan fingerprint density at radius 2 is 2.29 bits per heavy atom. The number of ether oxygens (including phenoxy) is 1. The predicted octanol–water partition coefficient (Wildman–Crippen LogP) is 0.637. The number of aliphatic carboxylic acids is 1. The van der Waals surface area contributed by atoms with E-state index in [0.717, 1.165) is 18.9 Å². The molecule has 21 heavy (non-hydrogen) atoms. The molecule has 0 radical (unpaired) electrons. The SMILES string of the molecule is O=C(O)C=Cc1cncc(S(=O)(=O)NC2CCCOC2)c1. The molecule has 1 fully saturated rings. The lowest BCUT2D eigenvalue weighted by Gasteiger charge is -2.22. The number of sulfonamides is 1. The van der Waals surface area contributed by atoms with E-state index in [4.69, 9.17) is 9.84 Å². The molecule has 1 aromatic heterocycles. The Morgan fingerprint density at radius 3 is 2.95 bits per heavy atom. The number of rotatable bonds is 5. The van der Waals surface area contributed by atoms with E-state index in [1.54, 1.807) is 0 Å². The van der Waals surface area contributed by atoms with Gasteiger partial charge in [0, 0.05) is 31.1 Å². The fourth-order valence-electron chi connectivity index (χ4n) is 1.96. The normalized spacial score (nSPS) is 19.7. The van der Waals surface area contributed by atoms with Crippen LogP contribution in [0.1, 0.15) is 18.4 Å². The Kier molecular flexibility index (Phi) is 5.05. The van der Waals surface area contributed by atoms with E-state index < -0.39 is 16.0 Å². The summed E-state index contributed by atoms with van der Waals surface area (Å²) in [5, 5.41) is 8.57. The van der Waals surface area contributed by atoms with Gasteiger partial charge in [-0.1, -0.05) is 0 Å². The topological polar surface area (TPSA) is 106 Å². The van der Waals surface area contributed by atoms with Gasteiger partial charge in [-0.05, 0) is 30.5 Å². The fraction of sp³-hybridized carbons (Fsp3) is 0.385. The van der Waals surface area contributed by atoms with Crippen LogP contribution in [0.25, 0.3) is 6.08 Å². The highest BCUT2D eigenvalue weighted by atomic mass is 32.2. The van der Waals surface area contributed by atoms with Gasteiger partial charge in [0.05, 0.1) is 6.61 Å². The first-order valence-corrected chi connectivity index (χ1v) is 7.92. The van der Waals surface area contributed by atoms with Gasteiger partial charge in [0.1, 0.15) is 4.90 Å². The van der Waals surface area contributed by atoms with Crippen LogP contribution in [-0.4, -0.2) is 43.7 Å². The van der Waals surface area contributed by atoms with Crippen LogP contribution < -0.4 is 4.72 Å². The van der Waals surface area contributed by atoms with Crippen LogP contribution in [0.3, 0.4) is 0 Å². The predicted molar refractivity (Wildman–Crippen MR) is 75.1 cm³/mol. The van der Waals surface area contributed by atoms with Crippen LogP contribution in [0.5, 0.6) is 0 Å². The Hall–Kier alpha value is -1.77. The third kappa shape index (κ3) is 4.62. The van der Waals surface area contributed by atoms with Crippen LogP contribution in [0.4, 0.5) is 0 Å². The summed E-state index contributed by atoms with van der Waals surface area (Å²) in [7, 11) is -3.69. The number of carboxylic acids is 1. The molecule has 7 nitrogen and oxygen atoms in total. The number of pyridine rings is 1. The number of nitrogens with zero attached hydrogens (tertiary/aromatic N) is 1. The van der Waals surface area contributed by atoms with Crippen LogP contribution in [0.15, 0.2) is 29.4 Å². The molecule has 0 spiro atoms. The molecular weight excluding hydrogens is 296 g/mol. The lowest BCUT2D eigenvalue weighted by atomic mass is 10.1. The number of hydrogen-bond acceptors (Lipinski definition) is 5. The van der Waals surface area contributed by atoms with Crippen molar-refractivity contribution in [2.45, 2.75) is 23.8 Å². The third-order valence-electron chi connectivity index (χ3n) is 2.95. The average molecular weight is 312 g/mol. The molecule has 1 aromatic rings. The minimum Gasteiger partial charge on any atom is -0.478 e. The Morgan fingerprint density at radius 1 is 1.48 bits per heavy atom. The minimum absolute atomic E-state index is 0.000567. The molecule has 0 aromatic carbocycles. The quantitative estimate of drug-likeness (QED) is 0.773. The van der Waals surface area contributed by atoms with Gasteiger partial charge in [0.25, 0.3) is 0 Å². The molecule has 8 heteroatoms. The highest BCUT2D eigenvalue weighted by molar-refractivity contribution is 7.89. The Bertz CT molecular complexity index is 636. The Balaban J connectivity index is 2.15. The van der Waals surface area contributed by atoms with E-state index in [9.17, 15) is 13.2 Å². The van der Waals surface area contributed by atoms with Crippen molar-refractivity contribution in [3.63, 3.8) is 0 Å². The van der Waals surface area contributed by atoms with Crippen LogP contribution in [-0.2, 0) is 19.6 Å². The molecule has 1 atom stereocenters. The standard InChI is InChI=1S/C13H16N2O5S/c16-13(17)4-3-10-6-12(8-14-7-10)21(18,19)15-11-2-1-5-20-9-11/h3-4,6-8,11,15H,1-2,5,9H2,(H,16,17). The van der Waals surface area contributed by atoms with Crippen molar-refractivity contribution in [2.75, 3.05) is 13.2 Å². The maximum atomic E-state index is 12.2. The van der Waals surface area contributed by atoms with Crippen molar-refractivity contribution in [1.82, 2.24) is 9.71 Å². The van der Waals surface area contributed by atoms with Gasteiger partial charge >= 0.3 is 5.97 Å². The molecule has 1 unspecified atom stereocenters. The molecule has 2 N–H and O–H groups in total. The second-order valence-electron chi connectivity index (χ2n) is 4.66. The highest BCUT2D eigenvalue weighted by Gasteiger charge is 2.22. The van der Waals surface area contributed by atoms with E-state index in [1.807, 2.05) is 0 Å². The molecule has 0 amide bonds. The molecule has 114 valence electrons. The van der Waals surface area contributed by atoms with Crippen molar-refractivity contribution in [3.8, 4) is 0 Å². The first-order chi connectivity index (χ1) is 9.97. The zero-order valence-electron chi connectivity index (χ0n) is 11.2. The van der Waals surface area contributed by atoms with Gasteiger partial charge in [-0.3, -0.25) is 4.98 Å². The van der Waals surface area contributed by atoms with Gasteiger partial charge in [-0.15, -0.1) is 0 Å². The van der Waals surface area contributed by atoms with Crippen molar-refractivity contribution in [1.29, 1.82) is 0 Å². The molecule has 1 saturated heterocycles. The first-order valence-electron chi connectivity index (χ1n) is 6.43. The summed E-state index contributed by atoms with van der Waals surface area (Å²) in [5.74, 6) is -1.11. The van der Waals surface area contributed by atoms with Gasteiger partial charge < -0.3 is 9.84 Å². The van der Waals surface area contributed by atoms with Crippen LogP contribution in [0, 0.1) is 0 Å². The largest absolute Gasteiger partial charge is 0.478 e. The average Bonchev–Trinajstić information content (AvgIpc) is 2.46. The number of nitrogens with one attached hydrogen (secondary N) is 1. The van der Waals surface area contributed by atoms with E-state index in [2.05, 4.69) is 9.71 Å². The van der Waals surface area contributed by atoms with Crippen molar-refractivity contribution >= 4 is 22.1 Å². The smallest absolute Gasteiger partial charge is 0.328 e. The summed E-state index contributed by atoms with van der Waals surface area (Å²) in [6.07, 6.45) is 6.37. The van der Waals surface area contributed by atoms with Gasteiger partial charge in [-0.2, -0.15) is 0 Å². The molecule has 2 heterocycles. The second-order valence-corrected chi connectivity index (χ2v) is 6.37. The van der Waals surface area contributed by atoms with Crippen molar-refractivity contribution < 1.29 is 23.1 Å². The Labute approximate surface area is 122 Å². The summed E-state index contributed by atoms with van der Waals surface area (Å²) in [6, 6.07) is 1.13. The highest BCUT2D eigenvalue weighted by Crippen LogP contribution is 2.14. The summed E-state index contributed by atoms with van der Waals surface area (Å²) in [6.45, 7) is 1.00. The van der Waals surface area contributed by atoms with Gasteiger partial charge in [-0.25, -0.2) is 17.9 Å². The number of aromatic nitrogens is 1. The summed E-state index contributed by atoms with van der Waals surface area (Å²) < 4.78 is 32.3. The first kappa shape index (κ1) is 15.6. The van der Waals surface area contributed by atoms with E-state index in [1.165, 1.54) is 24.5 Å². The molecular formula is C13H16N2O5S. The molecule has 0 bridgehead atoms. The van der Waals surface area contributed by atoms with Gasteiger partial charge in [0.15, 0.2) is 0 Å². The zero-order chi connectivity index (χ0) is 15.3. The molecule has 1 aliphatic heterocycles. The van der Waals surface area contributed by atoms with Crippen molar-refractivity contribution in [3.05, 3.63) is 30.1 Å². The zero-order valence-corrected chi connectivity index (χ0v) is 12.0. The maximum Gasteiger partial charge on any atom is 0.328 e. The third-order valence-corrected chi connectivity index (χ3v) is 4.43. The van der Waals surface area contributed by atoms with E-state index in [-0.39, 0.29) is 10.9 Å². The fourth-order valence-corrected chi connectivity index (χ4v) is 3.21. The lowest BCUT2D eigenvalue weighted by Crippen LogP contribution is -2.40. The molecule has 0 saturated carbocycles. The van der Waals surface area contributed by atoms with Gasteiger partial charge in [0.2, 0.25) is 10.0 Å². The van der Waals surface area contributed by atoms with E-state index in [0.29, 0.717) is 18.8 Å². The lowest BCUT2D eigenvalue weighted by molar-refractivity contribution is -0.131. The monoisotopic (exact) mass is 312 g/mol. The van der Waals surface area contributed by atoms with Crippen LogP contribution >= 0.6 is 0 Å². The minimum atomic E-state index is -3.69. The van der Waals surface area contributed by atoms with Crippen LogP contribution in [0.2, 0.25) is 0 Å². The second kappa shape index (κ2) is 6.79. The maximum absolute atomic E-state index is 12.2. The summed E-state index contributed by atoms with van der Waals surface area (Å²) >= 11 is 0. The molecule has 2 rings (SSSR count). The van der Waals surface area contributed by atoms with Crippen molar-refractivity contribution in [2.24, 2.45) is 0 Å². The number of carbonyl (C=O) groups is 1. The number of carboxylic acid groups (broad SMARTS) is 1. The molecule has 1 aliphatic rings.